The maximum absolute atomic E-state index is 12.6. The van der Waals surface area contributed by atoms with Crippen LogP contribution in [0.4, 0.5) is 0 Å². The summed E-state index contributed by atoms with van der Waals surface area (Å²) < 4.78 is 5.81. The van der Waals surface area contributed by atoms with E-state index in [0.717, 1.165) is 12.8 Å². The number of rotatable bonds is 3. The van der Waals surface area contributed by atoms with Crippen LogP contribution in [0.2, 0.25) is 0 Å². The fraction of sp³-hybridized carbons (Fsp3) is 0.656. The zero-order valence-electron chi connectivity index (χ0n) is 24.2. The summed E-state index contributed by atoms with van der Waals surface area (Å²) in [7, 11) is 0. The Morgan fingerprint density at radius 1 is 0.921 bits per heavy atom. The van der Waals surface area contributed by atoms with E-state index in [9.17, 15) is 25.2 Å². The molecule has 0 spiro atoms. The van der Waals surface area contributed by atoms with Gasteiger partial charge in [0.05, 0.1) is 24.4 Å². The topological polar surface area (TPSA) is 107 Å². The van der Waals surface area contributed by atoms with Gasteiger partial charge in [-0.15, -0.1) is 0 Å². The van der Waals surface area contributed by atoms with Crippen LogP contribution in [0, 0.1) is 35.5 Å². The molecule has 4 N–H and O–H groups in total. The van der Waals surface area contributed by atoms with Crippen molar-refractivity contribution in [3.05, 3.63) is 61.3 Å². The van der Waals surface area contributed by atoms with Crippen LogP contribution >= 0.6 is 0 Å². The largest absolute Gasteiger partial charge is 0.458 e. The highest BCUT2D eigenvalue weighted by atomic mass is 16.5. The third kappa shape index (κ3) is 12.2. The van der Waals surface area contributed by atoms with Crippen LogP contribution in [-0.2, 0) is 9.53 Å². The van der Waals surface area contributed by atoms with E-state index in [2.05, 4.69) is 13.5 Å². The molecule has 11 atom stereocenters. The molecule has 1 heterocycles. The van der Waals surface area contributed by atoms with Crippen molar-refractivity contribution in [2.75, 3.05) is 0 Å². The van der Waals surface area contributed by atoms with Crippen LogP contribution in [0.15, 0.2) is 61.3 Å². The molecule has 0 aromatic rings. The second-order valence-corrected chi connectivity index (χ2v) is 11.4. The number of ether oxygens (including phenoxy) is 1. The Kier molecular flexibility index (Phi) is 15.7. The van der Waals surface area contributed by atoms with Crippen molar-refractivity contribution in [1.82, 2.24) is 0 Å². The van der Waals surface area contributed by atoms with Crippen molar-refractivity contribution >= 4 is 5.97 Å². The van der Waals surface area contributed by atoms with E-state index in [0.29, 0.717) is 6.42 Å². The van der Waals surface area contributed by atoms with Gasteiger partial charge in [0.2, 0.25) is 0 Å². The molecule has 38 heavy (non-hydrogen) atoms. The molecule has 1 aliphatic rings. The minimum absolute atomic E-state index is 0.0366. The third-order valence-electron chi connectivity index (χ3n) is 7.78. The summed E-state index contributed by atoms with van der Waals surface area (Å²) >= 11 is 0. The van der Waals surface area contributed by atoms with Crippen molar-refractivity contribution in [1.29, 1.82) is 0 Å². The van der Waals surface area contributed by atoms with Gasteiger partial charge in [0, 0.05) is 36.2 Å². The SMILES string of the molecule is C=C/C=C\C(C)C1OC(=O)/C=C/C=C/C(C)C(O)CC(O)/C=C\C(C)C(O)C(C)CC(C)CCC(O)C1C. The first kappa shape index (κ1) is 34.0. The highest BCUT2D eigenvalue weighted by Gasteiger charge is 2.31. The molecule has 0 saturated heterocycles. The summed E-state index contributed by atoms with van der Waals surface area (Å²) in [5, 5.41) is 42.7. The Balaban J connectivity index is 3.17. The normalized spacial score (nSPS) is 40.7. The molecule has 0 aromatic heterocycles. The number of carbonyl (C=O) groups is 1. The van der Waals surface area contributed by atoms with E-state index in [1.807, 2.05) is 52.8 Å². The maximum atomic E-state index is 12.6. The highest BCUT2D eigenvalue weighted by Crippen LogP contribution is 2.28. The number of aliphatic hydroxyl groups is 4. The van der Waals surface area contributed by atoms with Gasteiger partial charge in [0.25, 0.3) is 0 Å². The molecule has 0 amide bonds. The van der Waals surface area contributed by atoms with Crippen LogP contribution in [-0.4, -0.2) is 56.9 Å². The van der Waals surface area contributed by atoms with Gasteiger partial charge in [0.15, 0.2) is 0 Å². The van der Waals surface area contributed by atoms with Gasteiger partial charge in [-0.25, -0.2) is 4.79 Å². The fourth-order valence-corrected chi connectivity index (χ4v) is 5.04. The summed E-state index contributed by atoms with van der Waals surface area (Å²) in [6.45, 7) is 15.5. The molecule has 1 aliphatic heterocycles. The minimum atomic E-state index is -0.828. The Hall–Kier alpha value is -1.99. The summed E-state index contributed by atoms with van der Waals surface area (Å²) in [5.74, 6) is -0.976. The zero-order valence-corrected chi connectivity index (χ0v) is 24.2. The van der Waals surface area contributed by atoms with Crippen LogP contribution in [0.3, 0.4) is 0 Å². The van der Waals surface area contributed by atoms with Gasteiger partial charge in [-0.3, -0.25) is 0 Å². The third-order valence-corrected chi connectivity index (χ3v) is 7.78. The second-order valence-electron chi connectivity index (χ2n) is 11.4. The molecular formula is C32H52O6. The van der Waals surface area contributed by atoms with Gasteiger partial charge in [-0.2, -0.15) is 0 Å². The van der Waals surface area contributed by atoms with Crippen molar-refractivity contribution in [2.45, 2.75) is 97.7 Å². The van der Waals surface area contributed by atoms with Crippen molar-refractivity contribution in [2.24, 2.45) is 35.5 Å². The summed E-state index contributed by atoms with van der Waals surface area (Å²) in [6.07, 6.45) is 14.2. The first-order valence-corrected chi connectivity index (χ1v) is 14.1. The average molecular weight is 533 g/mol. The average Bonchev–Trinajstić information content (AvgIpc) is 2.88. The lowest BCUT2D eigenvalue weighted by Gasteiger charge is -2.31. The molecule has 1 rings (SSSR count). The standard InChI is InChI=1S/C32H52O6/c1-8-9-12-24(5)32-26(7)28(34)18-15-21(2)19-25(6)31(37)23(4)16-17-27(33)20-29(35)22(3)13-10-11-14-30(36)38-32/h8-14,16-17,21-29,31-35,37H,1,15,18-20H2,2-7H3/b12-9-,13-10+,14-11+,17-16-. The molecule has 0 fully saturated rings. The van der Waals surface area contributed by atoms with E-state index in [1.54, 1.807) is 30.4 Å². The monoisotopic (exact) mass is 532 g/mol. The number of allylic oxidation sites excluding steroid dienone is 4. The van der Waals surface area contributed by atoms with E-state index in [4.69, 9.17) is 4.74 Å². The minimum Gasteiger partial charge on any atom is -0.458 e. The fourth-order valence-electron chi connectivity index (χ4n) is 5.04. The lowest BCUT2D eigenvalue weighted by atomic mass is 9.82. The van der Waals surface area contributed by atoms with Gasteiger partial charge < -0.3 is 25.2 Å². The molecule has 11 unspecified atom stereocenters. The Bertz CT molecular complexity index is 815. The summed E-state index contributed by atoms with van der Waals surface area (Å²) in [4.78, 5) is 12.6. The number of hydrogen-bond donors (Lipinski definition) is 4. The van der Waals surface area contributed by atoms with E-state index in [-0.39, 0.29) is 41.9 Å². The van der Waals surface area contributed by atoms with Crippen molar-refractivity contribution in [3.63, 3.8) is 0 Å². The zero-order chi connectivity index (χ0) is 28.8. The first-order valence-electron chi connectivity index (χ1n) is 14.1. The predicted octanol–water partition coefficient (Wildman–Crippen LogP) is 5.14. The highest BCUT2D eigenvalue weighted by molar-refractivity contribution is 5.82. The molecule has 6 heteroatoms. The van der Waals surface area contributed by atoms with Crippen LogP contribution in [0.5, 0.6) is 0 Å². The second kappa shape index (κ2) is 17.6. The van der Waals surface area contributed by atoms with Gasteiger partial charge in [-0.1, -0.05) is 96.7 Å². The molecule has 0 aliphatic carbocycles. The molecule has 0 radical (unpaired) electrons. The van der Waals surface area contributed by atoms with Crippen molar-refractivity contribution < 1.29 is 30.0 Å². The molecule has 0 saturated carbocycles. The number of cyclic esters (lactones) is 1. The first-order chi connectivity index (χ1) is 17.9. The molecule has 216 valence electrons. The number of carbonyl (C=O) groups excluding carboxylic acids is 1. The lowest BCUT2D eigenvalue weighted by Crippen LogP contribution is -2.37. The van der Waals surface area contributed by atoms with Gasteiger partial charge in [-0.05, 0) is 31.1 Å². The molecule has 6 nitrogen and oxygen atoms in total. The van der Waals surface area contributed by atoms with Crippen molar-refractivity contribution in [3.8, 4) is 0 Å². The number of hydrogen-bond acceptors (Lipinski definition) is 6. The smallest absolute Gasteiger partial charge is 0.331 e. The quantitative estimate of drug-likeness (QED) is 0.228. The lowest BCUT2D eigenvalue weighted by molar-refractivity contribution is -0.150. The molecular weight excluding hydrogens is 480 g/mol. The summed E-state index contributed by atoms with van der Waals surface area (Å²) in [5.41, 5.74) is 0. The van der Waals surface area contributed by atoms with E-state index < -0.39 is 36.5 Å². The van der Waals surface area contributed by atoms with E-state index >= 15 is 0 Å². The Morgan fingerprint density at radius 2 is 1.61 bits per heavy atom. The number of esters is 1. The van der Waals surface area contributed by atoms with Crippen LogP contribution in [0.1, 0.15) is 67.2 Å². The maximum Gasteiger partial charge on any atom is 0.331 e. The number of aliphatic hydroxyl groups excluding tert-OH is 4. The van der Waals surface area contributed by atoms with E-state index in [1.165, 1.54) is 6.08 Å². The predicted molar refractivity (Wildman–Crippen MR) is 154 cm³/mol. The van der Waals surface area contributed by atoms with Crippen LogP contribution < -0.4 is 0 Å². The summed E-state index contributed by atoms with van der Waals surface area (Å²) in [6, 6.07) is 0. The van der Waals surface area contributed by atoms with Crippen LogP contribution in [0.25, 0.3) is 0 Å². The molecule has 0 aromatic carbocycles. The molecule has 0 bridgehead atoms. The van der Waals surface area contributed by atoms with Gasteiger partial charge in [0.1, 0.15) is 6.10 Å². The Labute approximate surface area is 230 Å². The van der Waals surface area contributed by atoms with Gasteiger partial charge >= 0.3 is 5.97 Å². The Morgan fingerprint density at radius 3 is 2.26 bits per heavy atom.